The smallest absolute Gasteiger partial charge is 0.283 e. The van der Waals surface area contributed by atoms with Crippen LogP contribution in [0.1, 0.15) is 24.9 Å². The van der Waals surface area contributed by atoms with Crippen molar-refractivity contribution in [2.24, 2.45) is 7.05 Å². The van der Waals surface area contributed by atoms with E-state index in [0.29, 0.717) is 23.8 Å². The van der Waals surface area contributed by atoms with Gasteiger partial charge in [-0.05, 0) is 13.3 Å². The molecule has 7 heteroatoms. The summed E-state index contributed by atoms with van der Waals surface area (Å²) < 4.78 is 3.22. The van der Waals surface area contributed by atoms with Gasteiger partial charge in [0.2, 0.25) is 5.82 Å². The van der Waals surface area contributed by atoms with Gasteiger partial charge in [0.25, 0.3) is 0 Å². The molecule has 7 nitrogen and oxygen atoms in total. The zero-order valence-corrected chi connectivity index (χ0v) is 10.6. The number of nitrogens with zero attached hydrogens (tertiary/aromatic N) is 5. The predicted octanol–water partition coefficient (Wildman–Crippen LogP) is 1.77. The first-order valence-corrected chi connectivity index (χ1v) is 5.76. The van der Waals surface area contributed by atoms with Crippen molar-refractivity contribution >= 4 is 5.69 Å². The molecule has 0 N–H and O–H groups in total. The summed E-state index contributed by atoms with van der Waals surface area (Å²) in [6, 6.07) is 0. The molecule has 0 aliphatic heterocycles. The Morgan fingerprint density at radius 1 is 1.50 bits per heavy atom. The van der Waals surface area contributed by atoms with Crippen LogP contribution < -0.4 is 0 Å². The molecule has 0 amide bonds. The highest BCUT2D eigenvalue weighted by atomic mass is 16.6. The lowest BCUT2D eigenvalue weighted by Crippen LogP contribution is -2.06. The van der Waals surface area contributed by atoms with Crippen LogP contribution in [0.2, 0.25) is 0 Å². The Labute approximate surface area is 104 Å². The van der Waals surface area contributed by atoms with E-state index in [9.17, 15) is 10.1 Å². The van der Waals surface area contributed by atoms with Crippen molar-refractivity contribution in [3.05, 3.63) is 34.0 Å². The molecule has 0 aromatic carbocycles. The predicted molar refractivity (Wildman–Crippen MR) is 65.7 cm³/mol. The highest BCUT2D eigenvalue weighted by Gasteiger charge is 2.27. The zero-order chi connectivity index (χ0) is 13.3. The lowest BCUT2D eigenvalue weighted by atomic mass is 10.2. The fourth-order valence-electron chi connectivity index (χ4n) is 2.02. The molecule has 0 saturated carbocycles. The second-order valence-electron chi connectivity index (χ2n) is 4.09. The third-order valence-corrected chi connectivity index (χ3v) is 2.79. The van der Waals surface area contributed by atoms with Crippen molar-refractivity contribution in [2.75, 3.05) is 0 Å². The number of rotatable bonds is 4. The minimum Gasteiger partial charge on any atom is -0.283 e. The van der Waals surface area contributed by atoms with Gasteiger partial charge in [-0.1, -0.05) is 13.3 Å². The standard InChI is InChI=1S/C11H15N5O2/c1-4-5-9-10(16(17)18)11(14(3)13-9)15-7-6-12-8(15)2/h6-7H,4-5H2,1-3H3. The van der Waals surface area contributed by atoms with Crippen molar-refractivity contribution in [2.45, 2.75) is 26.7 Å². The molecule has 0 bridgehead atoms. The number of hydrogen-bond donors (Lipinski definition) is 0. The van der Waals surface area contributed by atoms with Gasteiger partial charge in [0.15, 0.2) is 0 Å². The lowest BCUT2D eigenvalue weighted by Gasteiger charge is -2.04. The topological polar surface area (TPSA) is 78.8 Å². The summed E-state index contributed by atoms with van der Waals surface area (Å²) in [5.74, 6) is 1.16. The molecule has 0 saturated heterocycles. The third-order valence-electron chi connectivity index (χ3n) is 2.79. The Bertz CT molecular complexity index is 584. The van der Waals surface area contributed by atoms with Crippen LogP contribution in [-0.4, -0.2) is 24.3 Å². The van der Waals surface area contributed by atoms with Gasteiger partial charge < -0.3 is 0 Å². The molecule has 2 rings (SSSR count). The van der Waals surface area contributed by atoms with E-state index in [4.69, 9.17) is 0 Å². The Hall–Kier alpha value is -2.18. The second kappa shape index (κ2) is 4.59. The lowest BCUT2D eigenvalue weighted by molar-refractivity contribution is -0.385. The minimum atomic E-state index is -0.368. The first kappa shape index (κ1) is 12.3. The quantitative estimate of drug-likeness (QED) is 0.611. The number of hydrogen-bond acceptors (Lipinski definition) is 4. The summed E-state index contributed by atoms with van der Waals surface area (Å²) >= 11 is 0. The maximum absolute atomic E-state index is 11.3. The second-order valence-corrected chi connectivity index (χ2v) is 4.09. The van der Waals surface area contributed by atoms with Crippen molar-refractivity contribution in [1.29, 1.82) is 0 Å². The summed E-state index contributed by atoms with van der Waals surface area (Å²) in [6.07, 6.45) is 4.73. The molecule has 0 radical (unpaired) electrons. The largest absolute Gasteiger partial charge is 0.334 e. The van der Waals surface area contributed by atoms with E-state index < -0.39 is 0 Å². The van der Waals surface area contributed by atoms with Crippen molar-refractivity contribution in [3.8, 4) is 5.82 Å². The summed E-state index contributed by atoms with van der Waals surface area (Å²) in [5.41, 5.74) is 0.591. The average molecular weight is 249 g/mol. The van der Waals surface area contributed by atoms with Crippen LogP contribution in [0.3, 0.4) is 0 Å². The van der Waals surface area contributed by atoms with Crippen molar-refractivity contribution in [1.82, 2.24) is 19.3 Å². The Kier molecular flexibility index (Phi) is 3.14. The molecular weight excluding hydrogens is 234 g/mol. The van der Waals surface area contributed by atoms with E-state index in [1.807, 2.05) is 6.92 Å². The summed E-state index contributed by atoms with van der Waals surface area (Å²) in [5, 5.41) is 15.5. The highest BCUT2D eigenvalue weighted by molar-refractivity contribution is 5.52. The van der Waals surface area contributed by atoms with Gasteiger partial charge in [-0.25, -0.2) is 9.67 Å². The third kappa shape index (κ3) is 1.87. The van der Waals surface area contributed by atoms with Gasteiger partial charge in [-0.15, -0.1) is 0 Å². The van der Waals surface area contributed by atoms with Crippen LogP contribution in [0.15, 0.2) is 12.4 Å². The van der Waals surface area contributed by atoms with Gasteiger partial charge in [-0.3, -0.25) is 14.7 Å². The molecule has 2 aromatic heterocycles. The number of imidazole rings is 1. The molecule has 0 fully saturated rings. The molecule has 18 heavy (non-hydrogen) atoms. The number of aromatic nitrogens is 4. The van der Waals surface area contributed by atoms with E-state index in [0.717, 1.165) is 6.42 Å². The monoisotopic (exact) mass is 249 g/mol. The normalized spacial score (nSPS) is 10.8. The van der Waals surface area contributed by atoms with E-state index in [-0.39, 0.29) is 10.6 Å². The van der Waals surface area contributed by atoms with Crippen LogP contribution in [0, 0.1) is 17.0 Å². The van der Waals surface area contributed by atoms with Gasteiger partial charge in [0.05, 0.1) is 4.92 Å². The molecule has 0 atom stereocenters. The Morgan fingerprint density at radius 3 is 2.72 bits per heavy atom. The molecule has 0 unspecified atom stereocenters. The molecule has 2 aromatic rings. The van der Waals surface area contributed by atoms with Crippen LogP contribution in [-0.2, 0) is 13.5 Å². The Balaban J connectivity index is 2.66. The van der Waals surface area contributed by atoms with E-state index in [1.54, 1.807) is 30.9 Å². The molecule has 0 aliphatic carbocycles. The minimum absolute atomic E-state index is 0.0699. The first-order chi connectivity index (χ1) is 8.56. The van der Waals surface area contributed by atoms with Crippen molar-refractivity contribution in [3.63, 3.8) is 0 Å². The SMILES string of the molecule is CCCc1nn(C)c(-n2ccnc2C)c1[N+](=O)[O-]. The summed E-state index contributed by atoms with van der Waals surface area (Å²) in [4.78, 5) is 15.0. The van der Waals surface area contributed by atoms with Crippen LogP contribution in [0.5, 0.6) is 0 Å². The van der Waals surface area contributed by atoms with E-state index in [1.165, 1.54) is 4.68 Å². The van der Waals surface area contributed by atoms with E-state index in [2.05, 4.69) is 10.1 Å². The summed E-state index contributed by atoms with van der Waals surface area (Å²) in [6.45, 7) is 3.77. The fourth-order valence-corrected chi connectivity index (χ4v) is 2.02. The average Bonchev–Trinajstić information content (AvgIpc) is 2.83. The van der Waals surface area contributed by atoms with Gasteiger partial charge in [0.1, 0.15) is 11.5 Å². The first-order valence-electron chi connectivity index (χ1n) is 5.76. The van der Waals surface area contributed by atoms with Gasteiger partial charge >= 0.3 is 5.69 Å². The molecule has 96 valence electrons. The molecule has 2 heterocycles. The van der Waals surface area contributed by atoms with Crippen LogP contribution >= 0.6 is 0 Å². The number of nitro groups is 1. The molecule has 0 spiro atoms. The van der Waals surface area contributed by atoms with Gasteiger partial charge in [-0.2, -0.15) is 5.10 Å². The van der Waals surface area contributed by atoms with E-state index >= 15 is 0 Å². The van der Waals surface area contributed by atoms with Crippen molar-refractivity contribution < 1.29 is 4.92 Å². The molecular formula is C11H15N5O2. The van der Waals surface area contributed by atoms with Gasteiger partial charge in [0, 0.05) is 19.4 Å². The van der Waals surface area contributed by atoms with Crippen LogP contribution in [0.25, 0.3) is 5.82 Å². The summed E-state index contributed by atoms with van der Waals surface area (Å²) in [7, 11) is 1.71. The number of aryl methyl sites for hydroxylation is 3. The fraction of sp³-hybridized carbons (Fsp3) is 0.455. The van der Waals surface area contributed by atoms with Crippen LogP contribution in [0.4, 0.5) is 5.69 Å². The Morgan fingerprint density at radius 2 is 2.22 bits per heavy atom. The highest BCUT2D eigenvalue weighted by Crippen LogP contribution is 2.28. The maximum atomic E-state index is 11.3. The maximum Gasteiger partial charge on any atom is 0.334 e. The molecule has 0 aliphatic rings. The zero-order valence-electron chi connectivity index (χ0n) is 10.6.